The molecule has 2 aromatic heterocycles. The van der Waals surface area contributed by atoms with Crippen LogP contribution in [0.25, 0.3) is 0 Å². The number of hydrogen-bond donors (Lipinski definition) is 2. The summed E-state index contributed by atoms with van der Waals surface area (Å²) >= 11 is 1.20. The van der Waals surface area contributed by atoms with Gasteiger partial charge in [0.15, 0.2) is 0 Å². The van der Waals surface area contributed by atoms with Gasteiger partial charge in [-0.3, -0.25) is 14.9 Å². The maximum Gasteiger partial charge on any atom is 0.263 e. The number of H-pyrrole nitrogens is 1. The van der Waals surface area contributed by atoms with Crippen molar-refractivity contribution in [3.8, 4) is 0 Å². The van der Waals surface area contributed by atoms with Gasteiger partial charge < -0.3 is 9.72 Å². The number of aromatic amines is 1. The molecule has 8 heteroatoms. The molecule has 2 aromatic rings. The summed E-state index contributed by atoms with van der Waals surface area (Å²) in [4.78, 5) is 26.5. The molecule has 0 radical (unpaired) electrons. The fraction of sp³-hybridized carbons (Fsp3) is 0.333. The number of nitrogens with one attached hydrogen (secondary N) is 2. The number of aromatic nitrogens is 3. The molecule has 0 fully saturated rings. The Morgan fingerprint density at radius 3 is 2.85 bits per heavy atom. The molecule has 0 aliphatic heterocycles. The Kier molecular flexibility index (Phi) is 4.26. The van der Waals surface area contributed by atoms with E-state index in [4.69, 9.17) is 4.74 Å². The first-order valence-electron chi connectivity index (χ1n) is 5.84. The topological polar surface area (TPSA) is 97.0 Å². The number of carbonyl (C=O) groups excluding carboxylic acids is 1. The first kappa shape index (κ1) is 14.4. The van der Waals surface area contributed by atoms with Gasteiger partial charge in [-0.1, -0.05) is 11.3 Å². The van der Waals surface area contributed by atoms with Crippen molar-refractivity contribution in [2.75, 3.05) is 12.4 Å². The van der Waals surface area contributed by atoms with Gasteiger partial charge in [-0.15, -0.1) is 10.2 Å². The number of ether oxygens (including phenoxy) is 1. The maximum atomic E-state index is 12.1. The van der Waals surface area contributed by atoms with E-state index in [0.29, 0.717) is 28.0 Å². The number of rotatable bonds is 4. The second-order valence-corrected chi connectivity index (χ2v) is 5.29. The van der Waals surface area contributed by atoms with Crippen LogP contribution in [0, 0.1) is 13.8 Å². The van der Waals surface area contributed by atoms with Crippen LogP contribution in [0.3, 0.4) is 0 Å². The first-order chi connectivity index (χ1) is 9.51. The average molecular weight is 294 g/mol. The van der Waals surface area contributed by atoms with Crippen LogP contribution in [-0.2, 0) is 11.3 Å². The van der Waals surface area contributed by atoms with E-state index in [9.17, 15) is 9.59 Å². The molecule has 0 saturated carbocycles. The average Bonchev–Trinajstić information content (AvgIpc) is 2.75. The van der Waals surface area contributed by atoms with Crippen molar-refractivity contribution in [1.82, 2.24) is 15.2 Å². The van der Waals surface area contributed by atoms with Crippen LogP contribution in [0.15, 0.2) is 10.9 Å². The molecule has 0 aliphatic carbocycles. The minimum absolute atomic E-state index is 0.0825. The Bertz CT molecular complexity index is 692. The maximum absolute atomic E-state index is 12.1. The number of amides is 1. The quantitative estimate of drug-likeness (QED) is 0.884. The van der Waals surface area contributed by atoms with E-state index in [1.165, 1.54) is 11.3 Å². The Hall–Kier alpha value is -2.06. The second kappa shape index (κ2) is 5.93. The smallest absolute Gasteiger partial charge is 0.263 e. The molecule has 2 heterocycles. The van der Waals surface area contributed by atoms with Crippen LogP contribution in [0.4, 0.5) is 5.13 Å². The van der Waals surface area contributed by atoms with Gasteiger partial charge in [0.2, 0.25) is 5.13 Å². The first-order valence-corrected chi connectivity index (χ1v) is 6.66. The lowest BCUT2D eigenvalue weighted by Gasteiger charge is -2.05. The molecule has 2 rings (SSSR count). The van der Waals surface area contributed by atoms with Crippen LogP contribution in [0.1, 0.15) is 26.6 Å². The molecule has 0 unspecified atom stereocenters. The largest absolute Gasteiger partial charge is 0.377 e. The molecule has 20 heavy (non-hydrogen) atoms. The molecule has 0 atom stereocenters. The van der Waals surface area contributed by atoms with E-state index in [-0.39, 0.29) is 5.56 Å². The van der Waals surface area contributed by atoms with Gasteiger partial charge in [0.05, 0.1) is 0 Å². The normalized spacial score (nSPS) is 10.6. The fourth-order valence-electron chi connectivity index (χ4n) is 1.78. The molecule has 0 aliphatic rings. The zero-order valence-electron chi connectivity index (χ0n) is 11.3. The Balaban J connectivity index is 2.22. The van der Waals surface area contributed by atoms with Gasteiger partial charge in [0, 0.05) is 12.8 Å². The molecular weight excluding hydrogens is 280 g/mol. The SMILES string of the molecule is COCc1nnc(NC(=O)c2c(C)cc(C)[nH]c2=O)s1. The monoisotopic (exact) mass is 294 g/mol. The van der Waals surface area contributed by atoms with Crippen molar-refractivity contribution >= 4 is 22.4 Å². The van der Waals surface area contributed by atoms with Crippen molar-refractivity contribution in [2.45, 2.75) is 20.5 Å². The summed E-state index contributed by atoms with van der Waals surface area (Å²) in [7, 11) is 1.55. The highest BCUT2D eigenvalue weighted by atomic mass is 32.1. The molecule has 1 amide bonds. The number of carbonyl (C=O) groups is 1. The van der Waals surface area contributed by atoms with E-state index >= 15 is 0 Å². The summed E-state index contributed by atoms with van der Waals surface area (Å²) in [6, 6.07) is 1.74. The number of anilines is 1. The predicted octanol–water partition coefficient (Wildman–Crippen LogP) is 1.24. The summed E-state index contributed by atoms with van der Waals surface area (Å²) < 4.78 is 4.92. The van der Waals surface area contributed by atoms with Gasteiger partial charge in [0.25, 0.3) is 11.5 Å². The van der Waals surface area contributed by atoms with Crippen molar-refractivity contribution in [2.24, 2.45) is 0 Å². The van der Waals surface area contributed by atoms with E-state index in [1.54, 1.807) is 27.0 Å². The number of pyridine rings is 1. The molecule has 0 spiro atoms. The lowest BCUT2D eigenvalue weighted by molar-refractivity contribution is 0.102. The van der Waals surface area contributed by atoms with Gasteiger partial charge in [0.1, 0.15) is 17.2 Å². The summed E-state index contributed by atoms with van der Waals surface area (Å²) in [6.07, 6.45) is 0. The Morgan fingerprint density at radius 1 is 1.45 bits per heavy atom. The highest BCUT2D eigenvalue weighted by Crippen LogP contribution is 2.16. The number of hydrogen-bond acceptors (Lipinski definition) is 6. The van der Waals surface area contributed by atoms with Crippen LogP contribution in [0.2, 0.25) is 0 Å². The highest BCUT2D eigenvalue weighted by Gasteiger charge is 2.16. The molecular formula is C12H14N4O3S. The minimum Gasteiger partial charge on any atom is -0.377 e. The number of aryl methyl sites for hydroxylation is 2. The number of methoxy groups -OCH3 is 1. The highest BCUT2D eigenvalue weighted by molar-refractivity contribution is 7.15. The van der Waals surface area contributed by atoms with E-state index < -0.39 is 11.5 Å². The molecule has 0 aromatic carbocycles. The third kappa shape index (κ3) is 3.09. The minimum atomic E-state index is -0.496. The predicted molar refractivity (Wildman–Crippen MR) is 75.1 cm³/mol. The van der Waals surface area contributed by atoms with Crippen molar-refractivity contribution in [3.05, 3.63) is 38.2 Å². The van der Waals surface area contributed by atoms with Gasteiger partial charge in [-0.05, 0) is 25.5 Å². The summed E-state index contributed by atoms with van der Waals surface area (Å²) in [5, 5.41) is 11.2. The lowest BCUT2D eigenvalue weighted by atomic mass is 10.1. The van der Waals surface area contributed by atoms with Crippen molar-refractivity contribution < 1.29 is 9.53 Å². The Morgan fingerprint density at radius 2 is 2.20 bits per heavy atom. The van der Waals surface area contributed by atoms with Crippen molar-refractivity contribution in [1.29, 1.82) is 0 Å². The van der Waals surface area contributed by atoms with E-state index in [2.05, 4.69) is 20.5 Å². The summed E-state index contributed by atoms with van der Waals surface area (Å²) in [6.45, 7) is 3.81. The van der Waals surface area contributed by atoms with E-state index in [0.717, 1.165) is 0 Å². The second-order valence-electron chi connectivity index (χ2n) is 4.23. The molecule has 106 valence electrons. The van der Waals surface area contributed by atoms with Crippen LogP contribution < -0.4 is 10.9 Å². The van der Waals surface area contributed by atoms with E-state index in [1.807, 2.05) is 0 Å². The standard InChI is InChI=1S/C12H14N4O3S/c1-6-4-7(2)13-10(17)9(6)11(18)14-12-16-15-8(20-12)5-19-3/h4H,5H2,1-3H3,(H,13,17)(H,14,16,18). The van der Waals surface area contributed by atoms with Crippen molar-refractivity contribution in [3.63, 3.8) is 0 Å². The molecule has 2 N–H and O–H groups in total. The summed E-state index contributed by atoms with van der Waals surface area (Å²) in [5.74, 6) is -0.496. The zero-order chi connectivity index (χ0) is 14.7. The van der Waals surface area contributed by atoms with Gasteiger partial charge in [-0.2, -0.15) is 0 Å². The lowest BCUT2D eigenvalue weighted by Crippen LogP contribution is -2.25. The van der Waals surface area contributed by atoms with Gasteiger partial charge >= 0.3 is 0 Å². The van der Waals surface area contributed by atoms with Crippen LogP contribution in [0.5, 0.6) is 0 Å². The fourth-order valence-corrected chi connectivity index (χ4v) is 2.49. The zero-order valence-corrected chi connectivity index (χ0v) is 12.1. The summed E-state index contributed by atoms with van der Waals surface area (Å²) in [5.41, 5.74) is 0.994. The third-order valence-corrected chi connectivity index (χ3v) is 3.36. The third-order valence-electron chi connectivity index (χ3n) is 2.55. The van der Waals surface area contributed by atoms with Gasteiger partial charge in [-0.25, -0.2) is 0 Å². The Labute approximate surface area is 119 Å². The van der Waals surface area contributed by atoms with Crippen LogP contribution >= 0.6 is 11.3 Å². The number of nitrogens with zero attached hydrogens (tertiary/aromatic N) is 2. The molecule has 0 bridgehead atoms. The van der Waals surface area contributed by atoms with Crippen LogP contribution in [-0.4, -0.2) is 28.2 Å². The molecule has 7 nitrogen and oxygen atoms in total. The molecule has 0 saturated heterocycles.